The highest BCUT2D eigenvalue weighted by molar-refractivity contribution is 5.76. The molecule has 0 radical (unpaired) electrons. The van der Waals surface area contributed by atoms with Gasteiger partial charge in [-0.3, -0.25) is 9.59 Å². The van der Waals surface area contributed by atoms with E-state index in [2.05, 4.69) is 5.32 Å². The molecule has 0 rings (SSSR count). The first kappa shape index (κ1) is 16.9. The zero-order valence-corrected chi connectivity index (χ0v) is 12.3. The summed E-state index contributed by atoms with van der Waals surface area (Å²) in [6.45, 7) is 10.6. The van der Waals surface area contributed by atoms with Crippen molar-refractivity contribution in [1.82, 2.24) is 5.32 Å². The van der Waals surface area contributed by atoms with E-state index in [0.29, 0.717) is 19.4 Å². The lowest BCUT2D eigenvalue weighted by Gasteiger charge is -2.33. The summed E-state index contributed by atoms with van der Waals surface area (Å²) in [4.78, 5) is 22.5. The van der Waals surface area contributed by atoms with E-state index in [0.717, 1.165) is 6.42 Å². The maximum atomic E-state index is 11.7. The molecule has 0 aliphatic heterocycles. The minimum absolute atomic E-state index is 0.0491. The van der Waals surface area contributed by atoms with Gasteiger partial charge in [0.2, 0.25) is 5.91 Å². The molecule has 0 aromatic heterocycles. The molecule has 4 nitrogen and oxygen atoms in total. The molecule has 18 heavy (non-hydrogen) atoms. The molecule has 0 spiro atoms. The van der Waals surface area contributed by atoms with Crippen molar-refractivity contribution in [2.75, 3.05) is 6.54 Å². The summed E-state index contributed by atoms with van der Waals surface area (Å²) in [6.07, 6.45) is 2.21. The number of aliphatic carboxylic acids is 1. The maximum Gasteiger partial charge on any atom is 0.303 e. The zero-order valence-electron chi connectivity index (χ0n) is 12.3. The third kappa shape index (κ3) is 8.09. The SMILES string of the molecule is CCCNC(=O)CC(C)(C)CC(C)(C)CC(=O)O. The van der Waals surface area contributed by atoms with E-state index in [4.69, 9.17) is 5.11 Å². The Morgan fingerprint density at radius 1 is 1.06 bits per heavy atom. The van der Waals surface area contributed by atoms with Gasteiger partial charge in [-0.2, -0.15) is 0 Å². The number of carboxylic acid groups (broad SMARTS) is 1. The lowest BCUT2D eigenvalue weighted by atomic mass is 9.72. The Balaban J connectivity index is 4.36. The largest absolute Gasteiger partial charge is 0.481 e. The Morgan fingerprint density at radius 2 is 1.56 bits per heavy atom. The van der Waals surface area contributed by atoms with Crippen LogP contribution in [0.1, 0.15) is 60.3 Å². The molecule has 0 aromatic carbocycles. The third-order valence-electron chi connectivity index (χ3n) is 2.80. The molecular weight excluding hydrogens is 230 g/mol. The summed E-state index contributed by atoms with van der Waals surface area (Å²) in [5.74, 6) is -0.737. The van der Waals surface area contributed by atoms with Crippen molar-refractivity contribution in [3.05, 3.63) is 0 Å². The fourth-order valence-corrected chi connectivity index (χ4v) is 2.59. The van der Waals surface area contributed by atoms with Crippen LogP contribution >= 0.6 is 0 Å². The van der Waals surface area contributed by atoms with E-state index in [-0.39, 0.29) is 23.2 Å². The molecule has 0 aromatic rings. The number of carbonyl (C=O) groups excluding carboxylic acids is 1. The van der Waals surface area contributed by atoms with Crippen LogP contribution in [0, 0.1) is 10.8 Å². The molecule has 1 amide bonds. The number of nitrogens with one attached hydrogen (secondary N) is 1. The molecule has 106 valence electrons. The molecule has 2 N–H and O–H groups in total. The number of hydrogen-bond acceptors (Lipinski definition) is 2. The number of hydrogen-bond donors (Lipinski definition) is 2. The van der Waals surface area contributed by atoms with Gasteiger partial charge in [-0.05, 0) is 23.7 Å². The van der Waals surface area contributed by atoms with E-state index >= 15 is 0 Å². The minimum Gasteiger partial charge on any atom is -0.481 e. The molecule has 0 saturated heterocycles. The van der Waals surface area contributed by atoms with Gasteiger partial charge in [-0.15, -0.1) is 0 Å². The Morgan fingerprint density at radius 3 is 2.00 bits per heavy atom. The molecular formula is C14H27NO3. The van der Waals surface area contributed by atoms with E-state index in [1.165, 1.54) is 0 Å². The van der Waals surface area contributed by atoms with Crippen LogP contribution < -0.4 is 5.32 Å². The maximum absolute atomic E-state index is 11.7. The second-order valence-electron chi connectivity index (χ2n) is 6.60. The van der Waals surface area contributed by atoms with Gasteiger partial charge < -0.3 is 10.4 Å². The summed E-state index contributed by atoms with van der Waals surface area (Å²) in [7, 11) is 0. The van der Waals surface area contributed by atoms with Crippen molar-refractivity contribution < 1.29 is 14.7 Å². The van der Waals surface area contributed by atoms with E-state index in [9.17, 15) is 9.59 Å². The van der Waals surface area contributed by atoms with E-state index in [1.807, 2.05) is 34.6 Å². The lowest BCUT2D eigenvalue weighted by Crippen LogP contribution is -2.32. The van der Waals surface area contributed by atoms with Crippen LogP contribution in [0.4, 0.5) is 0 Å². The van der Waals surface area contributed by atoms with Crippen molar-refractivity contribution in [1.29, 1.82) is 0 Å². The summed E-state index contributed by atoms with van der Waals surface area (Å²) in [6, 6.07) is 0. The first-order valence-corrected chi connectivity index (χ1v) is 6.56. The van der Waals surface area contributed by atoms with Crippen LogP contribution in [0.25, 0.3) is 0 Å². The smallest absolute Gasteiger partial charge is 0.303 e. The number of rotatable bonds is 8. The van der Waals surface area contributed by atoms with Gasteiger partial charge in [0, 0.05) is 13.0 Å². The molecule has 4 heteroatoms. The number of amides is 1. The summed E-state index contributed by atoms with van der Waals surface area (Å²) < 4.78 is 0. The van der Waals surface area contributed by atoms with Gasteiger partial charge in [0.15, 0.2) is 0 Å². The zero-order chi connectivity index (χ0) is 14.4. The van der Waals surface area contributed by atoms with Gasteiger partial charge >= 0.3 is 5.97 Å². The Hall–Kier alpha value is -1.06. The molecule has 0 aliphatic rings. The van der Waals surface area contributed by atoms with Crippen molar-refractivity contribution in [3.8, 4) is 0 Å². The highest BCUT2D eigenvalue weighted by Gasteiger charge is 2.32. The first-order chi connectivity index (χ1) is 8.08. The topological polar surface area (TPSA) is 66.4 Å². The summed E-state index contributed by atoms with van der Waals surface area (Å²) >= 11 is 0. The van der Waals surface area contributed by atoms with Crippen molar-refractivity contribution >= 4 is 11.9 Å². The highest BCUT2D eigenvalue weighted by Crippen LogP contribution is 2.38. The van der Waals surface area contributed by atoms with Crippen molar-refractivity contribution in [3.63, 3.8) is 0 Å². The average Bonchev–Trinajstić information content (AvgIpc) is 2.08. The molecule has 0 bridgehead atoms. The van der Waals surface area contributed by atoms with Gasteiger partial charge in [0.1, 0.15) is 0 Å². The van der Waals surface area contributed by atoms with E-state index < -0.39 is 5.97 Å². The second-order valence-corrected chi connectivity index (χ2v) is 6.60. The monoisotopic (exact) mass is 257 g/mol. The lowest BCUT2D eigenvalue weighted by molar-refractivity contribution is -0.139. The van der Waals surface area contributed by atoms with Gasteiger partial charge in [0.25, 0.3) is 0 Å². The van der Waals surface area contributed by atoms with Crippen molar-refractivity contribution in [2.45, 2.75) is 60.3 Å². The van der Waals surface area contributed by atoms with Gasteiger partial charge in [-0.1, -0.05) is 34.6 Å². The molecule has 0 atom stereocenters. The number of carboxylic acids is 1. The predicted octanol–water partition coefficient (Wildman–Crippen LogP) is 2.82. The van der Waals surface area contributed by atoms with E-state index in [1.54, 1.807) is 0 Å². The fourth-order valence-electron chi connectivity index (χ4n) is 2.59. The predicted molar refractivity (Wildman–Crippen MR) is 72.3 cm³/mol. The van der Waals surface area contributed by atoms with Crippen LogP contribution in [0.15, 0.2) is 0 Å². The Bertz CT molecular complexity index is 295. The first-order valence-electron chi connectivity index (χ1n) is 6.56. The van der Waals surface area contributed by atoms with Gasteiger partial charge in [-0.25, -0.2) is 0 Å². The highest BCUT2D eigenvalue weighted by atomic mass is 16.4. The van der Waals surface area contributed by atoms with Crippen LogP contribution in [0.2, 0.25) is 0 Å². The quantitative estimate of drug-likeness (QED) is 0.702. The average molecular weight is 257 g/mol. The normalized spacial score (nSPS) is 12.3. The van der Waals surface area contributed by atoms with Crippen LogP contribution in [0.3, 0.4) is 0 Å². The Labute approximate surface area is 110 Å². The van der Waals surface area contributed by atoms with Crippen LogP contribution in [-0.4, -0.2) is 23.5 Å². The molecule has 0 saturated carbocycles. The third-order valence-corrected chi connectivity index (χ3v) is 2.80. The molecule has 0 aliphatic carbocycles. The van der Waals surface area contributed by atoms with Crippen LogP contribution in [-0.2, 0) is 9.59 Å². The minimum atomic E-state index is -0.786. The standard InChI is InChI=1S/C14H27NO3/c1-6-7-15-11(16)8-13(2,3)10-14(4,5)9-12(17)18/h6-10H2,1-5H3,(H,15,16)(H,17,18). The Kier molecular flexibility index (Phi) is 6.36. The van der Waals surface area contributed by atoms with Gasteiger partial charge in [0.05, 0.1) is 6.42 Å². The number of carbonyl (C=O) groups is 2. The second kappa shape index (κ2) is 6.76. The molecule has 0 unspecified atom stereocenters. The summed E-state index contributed by atoms with van der Waals surface area (Å²) in [5, 5.41) is 11.7. The fraction of sp³-hybridized carbons (Fsp3) is 0.857. The summed E-state index contributed by atoms with van der Waals surface area (Å²) in [5.41, 5.74) is -0.475. The molecule has 0 fully saturated rings. The van der Waals surface area contributed by atoms with Crippen molar-refractivity contribution in [2.24, 2.45) is 10.8 Å². The van der Waals surface area contributed by atoms with Crippen LogP contribution in [0.5, 0.6) is 0 Å². The molecule has 0 heterocycles.